The van der Waals surface area contributed by atoms with Gasteiger partial charge in [0, 0.05) is 17.8 Å². The molecule has 2 rings (SSSR count). The number of nitrogens with one attached hydrogen (secondary N) is 1. The van der Waals surface area contributed by atoms with Crippen LogP contribution in [0.1, 0.15) is 28.4 Å². The van der Waals surface area contributed by atoms with Gasteiger partial charge in [-0.05, 0) is 55.9 Å². The van der Waals surface area contributed by atoms with E-state index in [1.807, 2.05) is 0 Å². The number of carbonyl (C=O) groups excluding carboxylic acids is 2. The van der Waals surface area contributed by atoms with Gasteiger partial charge in [0.25, 0.3) is 0 Å². The van der Waals surface area contributed by atoms with E-state index in [1.165, 1.54) is 24.3 Å². The van der Waals surface area contributed by atoms with Crippen LogP contribution in [0, 0.1) is 0 Å². The number of benzene rings is 2. The number of hydrogen-bond acceptors (Lipinski definition) is 3. The fourth-order valence-corrected chi connectivity index (χ4v) is 2.39. The molecule has 0 spiro atoms. The van der Waals surface area contributed by atoms with Crippen molar-refractivity contribution in [3.8, 4) is 0 Å². The van der Waals surface area contributed by atoms with Crippen molar-refractivity contribution in [3.05, 3.63) is 65.2 Å². The minimum atomic E-state index is -4.37. The maximum absolute atomic E-state index is 12.6. The Labute approximate surface area is 155 Å². The number of rotatable bonds is 6. The third-order valence-electron chi connectivity index (χ3n) is 4.19. The summed E-state index contributed by atoms with van der Waals surface area (Å²) in [6, 6.07) is 10.5. The Balaban J connectivity index is 1.96. The van der Waals surface area contributed by atoms with Gasteiger partial charge in [0.15, 0.2) is 0 Å². The lowest BCUT2D eigenvalue weighted by atomic mass is 10.1. The lowest BCUT2D eigenvalue weighted by Crippen LogP contribution is -2.39. The standard InChI is InChI=1S/C19H20F3N3O2/c1-12(18(27)24-16-9-5-14(6-10-16)17(23)26)25(2)11-13-3-7-15(8-4-13)19(20,21)22/h3-10,12H,11H2,1-2H3,(H2,23,26)(H,24,27)/t12-/m0/s1. The molecule has 0 aliphatic carbocycles. The lowest BCUT2D eigenvalue weighted by Gasteiger charge is -2.24. The third kappa shape index (κ3) is 5.55. The number of anilines is 1. The highest BCUT2D eigenvalue weighted by atomic mass is 19.4. The van der Waals surface area contributed by atoms with Gasteiger partial charge in [0.1, 0.15) is 0 Å². The number of carbonyl (C=O) groups is 2. The molecule has 1 atom stereocenters. The van der Waals surface area contributed by atoms with Gasteiger partial charge in [-0.15, -0.1) is 0 Å². The fraction of sp³-hybridized carbons (Fsp3) is 0.263. The van der Waals surface area contributed by atoms with E-state index in [-0.39, 0.29) is 5.91 Å². The van der Waals surface area contributed by atoms with Crippen molar-refractivity contribution in [2.45, 2.75) is 25.7 Å². The molecule has 8 heteroatoms. The summed E-state index contributed by atoms with van der Waals surface area (Å²) >= 11 is 0. The highest BCUT2D eigenvalue weighted by molar-refractivity contribution is 5.96. The molecule has 0 aliphatic heterocycles. The van der Waals surface area contributed by atoms with E-state index in [9.17, 15) is 22.8 Å². The monoisotopic (exact) mass is 379 g/mol. The summed E-state index contributed by atoms with van der Waals surface area (Å²) < 4.78 is 37.8. The number of amides is 2. The smallest absolute Gasteiger partial charge is 0.366 e. The second-order valence-electron chi connectivity index (χ2n) is 6.22. The molecule has 0 unspecified atom stereocenters. The summed E-state index contributed by atoms with van der Waals surface area (Å²) in [5, 5.41) is 2.72. The molecule has 2 aromatic carbocycles. The van der Waals surface area contributed by atoms with Crippen molar-refractivity contribution in [3.63, 3.8) is 0 Å². The van der Waals surface area contributed by atoms with Crippen molar-refractivity contribution in [1.29, 1.82) is 0 Å². The third-order valence-corrected chi connectivity index (χ3v) is 4.19. The van der Waals surface area contributed by atoms with Crippen LogP contribution in [0.15, 0.2) is 48.5 Å². The summed E-state index contributed by atoms with van der Waals surface area (Å²) in [6.07, 6.45) is -4.37. The molecule has 0 radical (unpaired) electrons. The molecule has 0 saturated heterocycles. The van der Waals surface area contributed by atoms with E-state index >= 15 is 0 Å². The van der Waals surface area contributed by atoms with Crippen LogP contribution < -0.4 is 11.1 Å². The number of nitrogens with zero attached hydrogens (tertiary/aromatic N) is 1. The Morgan fingerprint density at radius 1 is 1.07 bits per heavy atom. The van der Waals surface area contributed by atoms with Crippen LogP contribution in [0.4, 0.5) is 18.9 Å². The normalized spacial score (nSPS) is 12.7. The Morgan fingerprint density at radius 2 is 1.63 bits per heavy atom. The molecule has 144 valence electrons. The fourth-order valence-electron chi connectivity index (χ4n) is 2.39. The van der Waals surface area contributed by atoms with Gasteiger partial charge in [-0.25, -0.2) is 0 Å². The molecule has 27 heavy (non-hydrogen) atoms. The van der Waals surface area contributed by atoms with Crippen LogP contribution >= 0.6 is 0 Å². The van der Waals surface area contributed by atoms with E-state index in [4.69, 9.17) is 5.73 Å². The van der Waals surface area contributed by atoms with E-state index in [2.05, 4.69) is 5.32 Å². The molecular weight excluding hydrogens is 359 g/mol. The van der Waals surface area contributed by atoms with E-state index < -0.39 is 23.7 Å². The molecular formula is C19H20F3N3O2. The van der Waals surface area contributed by atoms with Crippen molar-refractivity contribution in [2.75, 3.05) is 12.4 Å². The zero-order chi connectivity index (χ0) is 20.2. The van der Waals surface area contributed by atoms with Gasteiger partial charge in [-0.1, -0.05) is 12.1 Å². The Kier molecular flexibility index (Phi) is 6.22. The summed E-state index contributed by atoms with van der Waals surface area (Å²) in [6.45, 7) is 2.00. The van der Waals surface area contributed by atoms with Crippen molar-refractivity contribution >= 4 is 17.5 Å². The Hall–Kier alpha value is -2.87. The van der Waals surface area contributed by atoms with E-state index in [0.717, 1.165) is 12.1 Å². The predicted octanol–water partition coefficient (Wildman–Crippen LogP) is 3.26. The molecule has 0 bridgehead atoms. The number of nitrogens with two attached hydrogens (primary N) is 1. The SMILES string of the molecule is C[C@@H](C(=O)Nc1ccc(C(N)=O)cc1)N(C)Cc1ccc(C(F)(F)F)cc1. The van der Waals surface area contributed by atoms with Crippen LogP contribution in [0.2, 0.25) is 0 Å². The quantitative estimate of drug-likeness (QED) is 0.809. The molecule has 0 aromatic heterocycles. The van der Waals surface area contributed by atoms with Crippen LogP contribution in [-0.4, -0.2) is 29.8 Å². The van der Waals surface area contributed by atoms with Gasteiger partial charge < -0.3 is 11.1 Å². The van der Waals surface area contributed by atoms with Crippen LogP contribution in [0.3, 0.4) is 0 Å². The Morgan fingerprint density at radius 3 is 2.11 bits per heavy atom. The number of alkyl halides is 3. The van der Waals surface area contributed by atoms with Gasteiger partial charge in [0.05, 0.1) is 11.6 Å². The first-order valence-electron chi connectivity index (χ1n) is 8.15. The van der Waals surface area contributed by atoms with E-state index in [1.54, 1.807) is 31.0 Å². The molecule has 0 saturated carbocycles. The topological polar surface area (TPSA) is 75.4 Å². The molecule has 2 aromatic rings. The number of likely N-dealkylation sites (N-methyl/N-ethyl adjacent to an activating group) is 1. The first-order chi connectivity index (χ1) is 12.6. The molecule has 0 heterocycles. The summed E-state index contributed by atoms with van der Waals surface area (Å²) in [5.41, 5.74) is 5.97. The van der Waals surface area contributed by atoms with Crippen molar-refractivity contribution in [2.24, 2.45) is 5.73 Å². The van der Waals surface area contributed by atoms with E-state index in [0.29, 0.717) is 23.4 Å². The maximum Gasteiger partial charge on any atom is 0.416 e. The lowest BCUT2D eigenvalue weighted by molar-refractivity contribution is -0.137. The van der Waals surface area contributed by atoms with Crippen LogP contribution in [0.5, 0.6) is 0 Å². The van der Waals surface area contributed by atoms with Gasteiger partial charge in [0.2, 0.25) is 11.8 Å². The van der Waals surface area contributed by atoms with Gasteiger partial charge in [-0.3, -0.25) is 14.5 Å². The first-order valence-corrected chi connectivity index (χ1v) is 8.15. The largest absolute Gasteiger partial charge is 0.416 e. The number of halogens is 3. The Bertz CT molecular complexity index is 802. The molecule has 5 nitrogen and oxygen atoms in total. The van der Waals surface area contributed by atoms with Crippen LogP contribution in [-0.2, 0) is 17.5 Å². The highest BCUT2D eigenvalue weighted by Gasteiger charge is 2.30. The maximum atomic E-state index is 12.6. The molecule has 0 fully saturated rings. The average Bonchev–Trinajstić information content (AvgIpc) is 2.61. The zero-order valence-corrected chi connectivity index (χ0v) is 14.9. The van der Waals surface area contributed by atoms with Gasteiger partial charge in [-0.2, -0.15) is 13.2 Å². The number of hydrogen-bond donors (Lipinski definition) is 2. The second kappa shape index (κ2) is 8.22. The predicted molar refractivity (Wildman–Crippen MR) is 96.0 cm³/mol. The summed E-state index contributed by atoms with van der Waals surface area (Å²) in [5.74, 6) is -0.839. The molecule has 2 amide bonds. The minimum absolute atomic E-state index is 0.281. The van der Waals surface area contributed by atoms with Gasteiger partial charge >= 0.3 is 6.18 Å². The van der Waals surface area contributed by atoms with Crippen LogP contribution in [0.25, 0.3) is 0 Å². The van der Waals surface area contributed by atoms with Crippen molar-refractivity contribution < 1.29 is 22.8 Å². The summed E-state index contributed by atoms with van der Waals surface area (Å²) in [7, 11) is 1.71. The zero-order valence-electron chi connectivity index (χ0n) is 14.9. The average molecular weight is 379 g/mol. The highest BCUT2D eigenvalue weighted by Crippen LogP contribution is 2.29. The molecule has 3 N–H and O–H groups in total. The second-order valence-corrected chi connectivity index (χ2v) is 6.22. The first kappa shape index (κ1) is 20.4. The minimum Gasteiger partial charge on any atom is -0.366 e. The van der Waals surface area contributed by atoms with Crippen molar-refractivity contribution in [1.82, 2.24) is 4.90 Å². The number of primary amides is 1. The molecule has 0 aliphatic rings. The summed E-state index contributed by atoms with van der Waals surface area (Å²) in [4.78, 5) is 25.1.